The largest absolute Gasteiger partial charge is 0.358 e. The molecule has 3 aromatic rings. The number of H-pyrrole nitrogens is 1. The Morgan fingerprint density at radius 1 is 1.17 bits per heavy atom. The number of aromatic nitrogens is 1. The first kappa shape index (κ1) is 14.0. The molecule has 4 heteroatoms. The van der Waals surface area contributed by atoms with Crippen molar-refractivity contribution >= 4 is 16.8 Å². The smallest absolute Gasteiger partial charge is 0.227 e. The molecule has 0 saturated heterocycles. The van der Waals surface area contributed by atoms with Gasteiger partial charge >= 0.3 is 0 Å². The van der Waals surface area contributed by atoms with E-state index in [0.717, 1.165) is 34.1 Å². The summed E-state index contributed by atoms with van der Waals surface area (Å²) in [7, 11) is 0. The van der Waals surface area contributed by atoms with Crippen LogP contribution in [0.15, 0.2) is 48.5 Å². The van der Waals surface area contributed by atoms with E-state index in [4.69, 9.17) is 0 Å². The van der Waals surface area contributed by atoms with Gasteiger partial charge in [0.15, 0.2) is 0 Å². The minimum absolute atomic E-state index is 0.118. The number of hydrogen-bond acceptors (Lipinski definition) is 1. The molecule has 0 saturated carbocycles. The number of nitrogens with zero attached hydrogens (tertiary/aromatic N) is 1. The summed E-state index contributed by atoms with van der Waals surface area (Å²) in [5, 5.41) is 0.886. The summed E-state index contributed by atoms with van der Waals surface area (Å²) in [4.78, 5) is 17.8. The van der Waals surface area contributed by atoms with Crippen LogP contribution in [0.25, 0.3) is 10.9 Å². The van der Waals surface area contributed by atoms with Crippen molar-refractivity contribution in [2.24, 2.45) is 0 Å². The molecular weight excluding hydrogens is 291 g/mol. The van der Waals surface area contributed by atoms with Gasteiger partial charge in [-0.25, -0.2) is 4.39 Å². The standard InChI is InChI=1S/C19H17FN2O/c20-14-6-7-17-15(11-14)16-12-22(9-8-18(16)21-17)19(23)10-13-4-2-1-3-5-13/h1-7,11,21H,8-10,12H2. The van der Waals surface area contributed by atoms with Crippen molar-refractivity contribution in [1.29, 1.82) is 0 Å². The lowest BCUT2D eigenvalue weighted by Gasteiger charge is -2.27. The molecule has 1 aromatic heterocycles. The molecule has 0 spiro atoms. The Morgan fingerprint density at radius 2 is 2.00 bits per heavy atom. The Hall–Kier alpha value is -2.62. The molecule has 23 heavy (non-hydrogen) atoms. The van der Waals surface area contributed by atoms with Crippen molar-refractivity contribution in [3.63, 3.8) is 0 Å². The molecule has 0 aliphatic carbocycles. The maximum Gasteiger partial charge on any atom is 0.227 e. The zero-order chi connectivity index (χ0) is 15.8. The number of carbonyl (C=O) groups is 1. The fourth-order valence-corrected chi connectivity index (χ4v) is 3.28. The van der Waals surface area contributed by atoms with Crippen molar-refractivity contribution in [2.45, 2.75) is 19.4 Å². The van der Waals surface area contributed by atoms with Crippen LogP contribution >= 0.6 is 0 Å². The van der Waals surface area contributed by atoms with E-state index in [1.54, 1.807) is 12.1 Å². The fraction of sp³-hybridized carbons (Fsp3) is 0.211. The van der Waals surface area contributed by atoms with Crippen LogP contribution in [0.5, 0.6) is 0 Å². The van der Waals surface area contributed by atoms with E-state index in [0.29, 0.717) is 19.5 Å². The van der Waals surface area contributed by atoms with Crippen LogP contribution < -0.4 is 0 Å². The average Bonchev–Trinajstić information content (AvgIpc) is 2.93. The van der Waals surface area contributed by atoms with Crippen LogP contribution in [0.4, 0.5) is 4.39 Å². The summed E-state index contributed by atoms with van der Waals surface area (Å²) in [6.07, 6.45) is 1.19. The number of nitrogens with one attached hydrogen (secondary N) is 1. The van der Waals surface area contributed by atoms with E-state index in [9.17, 15) is 9.18 Å². The average molecular weight is 308 g/mol. The molecule has 3 nitrogen and oxygen atoms in total. The molecule has 1 aliphatic rings. The highest BCUT2D eigenvalue weighted by molar-refractivity contribution is 5.86. The van der Waals surface area contributed by atoms with E-state index < -0.39 is 0 Å². The Labute approximate surface area is 133 Å². The summed E-state index contributed by atoms with van der Waals surface area (Å²) in [6.45, 7) is 1.25. The minimum Gasteiger partial charge on any atom is -0.358 e. The third-order valence-corrected chi connectivity index (χ3v) is 4.49. The van der Waals surface area contributed by atoms with Crippen molar-refractivity contribution in [3.8, 4) is 0 Å². The zero-order valence-corrected chi connectivity index (χ0v) is 12.7. The second kappa shape index (κ2) is 5.54. The topological polar surface area (TPSA) is 36.1 Å². The lowest BCUT2D eigenvalue weighted by Crippen LogP contribution is -2.36. The number of aromatic amines is 1. The minimum atomic E-state index is -0.243. The van der Waals surface area contributed by atoms with E-state index in [2.05, 4.69) is 4.98 Å². The Kier molecular flexibility index (Phi) is 3.37. The Morgan fingerprint density at radius 3 is 2.83 bits per heavy atom. The predicted octanol–water partition coefficient (Wildman–Crippen LogP) is 3.43. The molecule has 116 valence electrons. The molecule has 0 fully saturated rings. The van der Waals surface area contributed by atoms with Gasteiger partial charge in [0, 0.05) is 41.7 Å². The monoisotopic (exact) mass is 308 g/mol. The predicted molar refractivity (Wildman–Crippen MR) is 87.5 cm³/mol. The Balaban J connectivity index is 1.59. The molecule has 0 atom stereocenters. The number of fused-ring (bicyclic) bond motifs is 3. The quantitative estimate of drug-likeness (QED) is 0.773. The van der Waals surface area contributed by atoms with E-state index >= 15 is 0 Å². The molecule has 1 N–H and O–H groups in total. The van der Waals surface area contributed by atoms with Crippen LogP contribution in [0.2, 0.25) is 0 Å². The van der Waals surface area contributed by atoms with Gasteiger partial charge in [-0.05, 0) is 23.8 Å². The number of rotatable bonds is 2. The number of benzene rings is 2. The lowest BCUT2D eigenvalue weighted by molar-refractivity contribution is -0.131. The van der Waals surface area contributed by atoms with Crippen LogP contribution in [0.3, 0.4) is 0 Å². The van der Waals surface area contributed by atoms with E-state index in [-0.39, 0.29) is 11.7 Å². The molecular formula is C19H17FN2O. The third kappa shape index (κ3) is 2.61. The van der Waals surface area contributed by atoms with Gasteiger partial charge in [-0.3, -0.25) is 4.79 Å². The molecule has 1 aliphatic heterocycles. The molecule has 0 unspecified atom stereocenters. The maximum absolute atomic E-state index is 13.5. The molecule has 2 heterocycles. The first-order chi connectivity index (χ1) is 11.2. The number of halogens is 1. The highest BCUT2D eigenvalue weighted by atomic mass is 19.1. The van der Waals surface area contributed by atoms with E-state index in [1.807, 2.05) is 35.2 Å². The maximum atomic E-state index is 13.5. The normalized spacial score (nSPS) is 14.0. The van der Waals surface area contributed by atoms with Gasteiger partial charge in [-0.2, -0.15) is 0 Å². The number of amides is 1. The van der Waals surface area contributed by atoms with Gasteiger partial charge in [0.05, 0.1) is 6.42 Å². The zero-order valence-electron chi connectivity index (χ0n) is 12.7. The van der Waals surface area contributed by atoms with Crippen molar-refractivity contribution in [3.05, 3.63) is 71.2 Å². The molecule has 1 amide bonds. The van der Waals surface area contributed by atoms with Gasteiger partial charge in [-0.1, -0.05) is 30.3 Å². The van der Waals surface area contributed by atoms with Gasteiger partial charge < -0.3 is 9.88 Å². The van der Waals surface area contributed by atoms with Gasteiger partial charge in [0.2, 0.25) is 5.91 Å². The summed E-state index contributed by atoms with van der Waals surface area (Å²) in [5.74, 6) is -0.125. The van der Waals surface area contributed by atoms with Crippen LogP contribution in [-0.4, -0.2) is 22.3 Å². The summed E-state index contributed by atoms with van der Waals surface area (Å²) in [5.41, 5.74) is 4.13. The van der Waals surface area contributed by atoms with E-state index in [1.165, 1.54) is 6.07 Å². The lowest BCUT2D eigenvalue weighted by atomic mass is 10.0. The first-order valence-corrected chi connectivity index (χ1v) is 7.81. The van der Waals surface area contributed by atoms with Gasteiger partial charge in [-0.15, -0.1) is 0 Å². The molecule has 4 rings (SSSR count). The van der Waals surface area contributed by atoms with Crippen molar-refractivity contribution in [1.82, 2.24) is 9.88 Å². The van der Waals surface area contributed by atoms with Gasteiger partial charge in [0.1, 0.15) is 5.82 Å². The molecule has 0 radical (unpaired) electrons. The van der Waals surface area contributed by atoms with Crippen molar-refractivity contribution in [2.75, 3.05) is 6.54 Å². The molecule has 0 bridgehead atoms. The second-order valence-electron chi connectivity index (χ2n) is 6.00. The second-order valence-corrected chi connectivity index (χ2v) is 6.00. The fourth-order valence-electron chi connectivity index (χ4n) is 3.28. The number of hydrogen-bond donors (Lipinski definition) is 1. The molecule has 2 aromatic carbocycles. The SMILES string of the molecule is O=C(Cc1ccccc1)N1CCc2[nH]c3ccc(F)cc3c2C1. The Bertz CT molecular complexity index is 870. The highest BCUT2D eigenvalue weighted by Crippen LogP contribution is 2.28. The summed E-state index contributed by atoms with van der Waals surface area (Å²) >= 11 is 0. The summed E-state index contributed by atoms with van der Waals surface area (Å²) < 4.78 is 13.5. The third-order valence-electron chi connectivity index (χ3n) is 4.49. The van der Waals surface area contributed by atoms with Crippen LogP contribution in [0, 0.1) is 5.82 Å². The first-order valence-electron chi connectivity index (χ1n) is 7.81. The van der Waals surface area contributed by atoms with Crippen LogP contribution in [-0.2, 0) is 24.2 Å². The van der Waals surface area contributed by atoms with Crippen LogP contribution in [0.1, 0.15) is 16.8 Å². The highest BCUT2D eigenvalue weighted by Gasteiger charge is 2.24. The van der Waals surface area contributed by atoms with Gasteiger partial charge in [0.25, 0.3) is 0 Å². The van der Waals surface area contributed by atoms with Crippen molar-refractivity contribution < 1.29 is 9.18 Å². The number of carbonyl (C=O) groups excluding carboxylic acids is 1. The summed E-state index contributed by atoms with van der Waals surface area (Å²) in [6, 6.07) is 14.5.